The predicted octanol–water partition coefficient (Wildman–Crippen LogP) is 3.67. The van der Waals surface area contributed by atoms with Crippen LogP contribution in [0.5, 0.6) is 5.75 Å². The first-order valence-electron chi connectivity index (χ1n) is 6.07. The highest BCUT2D eigenvalue weighted by atomic mass is 16.5. The highest BCUT2D eigenvalue weighted by Gasteiger charge is 2.10. The highest BCUT2D eigenvalue weighted by molar-refractivity contribution is 6.11. The van der Waals surface area contributed by atoms with E-state index in [1.807, 2.05) is 48.5 Å². The van der Waals surface area contributed by atoms with Crippen molar-refractivity contribution in [3.63, 3.8) is 0 Å². The van der Waals surface area contributed by atoms with Crippen LogP contribution in [-0.2, 0) is 6.42 Å². The summed E-state index contributed by atoms with van der Waals surface area (Å²) in [6.07, 6.45) is 0.911. The molecule has 2 heteroatoms. The summed E-state index contributed by atoms with van der Waals surface area (Å²) < 4.78 is 5.24. The van der Waals surface area contributed by atoms with Gasteiger partial charge in [0.1, 0.15) is 5.75 Å². The van der Waals surface area contributed by atoms with Gasteiger partial charge in [-0.2, -0.15) is 0 Å². The Morgan fingerprint density at radius 2 is 1.83 bits per heavy atom. The van der Waals surface area contributed by atoms with E-state index in [1.165, 1.54) is 5.56 Å². The first-order chi connectivity index (χ1) is 8.76. The van der Waals surface area contributed by atoms with Gasteiger partial charge in [-0.05, 0) is 24.1 Å². The lowest BCUT2D eigenvalue weighted by molar-refractivity contribution is 0.414. The van der Waals surface area contributed by atoms with Crippen molar-refractivity contribution in [1.29, 1.82) is 5.41 Å². The van der Waals surface area contributed by atoms with Gasteiger partial charge in [0.25, 0.3) is 0 Å². The molecule has 0 saturated carbocycles. The maximum atomic E-state index is 8.33. The summed E-state index contributed by atoms with van der Waals surface area (Å²) in [7, 11) is 1.65. The van der Waals surface area contributed by atoms with Gasteiger partial charge >= 0.3 is 0 Å². The number of hydrogen-bond donors (Lipinski definition) is 1. The van der Waals surface area contributed by atoms with Crippen LogP contribution < -0.4 is 4.74 Å². The Morgan fingerprint density at radius 1 is 1.11 bits per heavy atom. The van der Waals surface area contributed by atoms with Gasteiger partial charge < -0.3 is 4.74 Å². The highest BCUT2D eigenvalue weighted by Crippen LogP contribution is 2.21. The lowest BCUT2D eigenvalue weighted by atomic mass is 9.96. The second-order valence-electron chi connectivity index (χ2n) is 4.12. The van der Waals surface area contributed by atoms with Crippen molar-refractivity contribution in [2.24, 2.45) is 0 Å². The zero-order valence-electron chi connectivity index (χ0n) is 10.7. The van der Waals surface area contributed by atoms with Crippen LogP contribution in [0.2, 0.25) is 0 Å². The summed E-state index contributed by atoms with van der Waals surface area (Å²) in [5.74, 6) is 0.794. The summed E-state index contributed by atoms with van der Waals surface area (Å²) >= 11 is 0. The third kappa shape index (κ3) is 2.43. The molecule has 0 saturated heterocycles. The first kappa shape index (κ1) is 12.4. The van der Waals surface area contributed by atoms with Gasteiger partial charge in [0.15, 0.2) is 0 Å². The topological polar surface area (TPSA) is 33.1 Å². The average Bonchev–Trinajstić information content (AvgIpc) is 2.46. The first-order valence-corrected chi connectivity index (χ1v) is 6.07. The minimum atomic E-state index is 0.548. The van der Waals surface area contributed by atoms with Gasteiger partial charge in [0.05, 0.1) is 12.8 Å². The predicted molar refractivity (Wildman–Crippen MR) is 74.7 cm³/mol. The second kappa shape index (κ2) is 5.50. The Hall–Kier alpha value is -2.09. The molecule has 0 amide bonds. The quantitative estimate of drug-likeness (QED) is 0.811. The van der Waals surface area contributed by atoms with E-state index in [9.17, 15) is 0 Å². The largest absolute Gasteiger partial charge is 0.497 e. The Labute approximate surface area is 108 Å². The van der Waals surface area contributed by atoms with Crippen molar-refractivity contribution in [2.75, 3.05) is 7.11 Å². The Bertz CT molecular complexity index is 546. The summed E-state index contributed by atoms with van der Waals surface area (Å²) in [6.45, 7) is 2.10. The monoisotopic (exact) mass is 239 g/mol. The van der Waals surface area contributed by atoms with Crippen molar-refractivity contribution >= 4 is 5.71 Å². The maximum absolute atomic E-state index is 8.33. The molecule has 0 spiro atoms. The second-order valence-corrected chi connectivity index (χ2v) is 4.12. The third-order valence-corrected chi connectivity index (χ3v) is 3.03. The smallest absolute Gasteiger partial charge is 0.119 e. The summed E-state index contributed by atoms with van der Waals surface area (Å²) in [6, 6.07) is 15.7. The number of ether oxygens (including phenoxy) is 1. The Balaban J connectivity index is 2.46. The minimum Gasteiger partial charge on any atom is -0.497 e. The number of rotatable bonds is 4. The fourth-order valence-corrected chi connectivity index (χ4v) is 1.98. The molecule has 0 aromatic heterocycles. The van der Waals surface area contributed by atoms with E-state index in [4.69, 9.17) is 10.1 Å². The molecule has 2 nitrogen and oxygen atoms in total. The van der Waals surface area contributed by atoms with Crippen molar-refractivity contribution in [2.45, 2.75) is 13.3 Å². The summed E-state index contributed by atoms with van der Waals surface area (Å²) in [4.78, 5) is 0. The number of hydrogen-bond acceptors (Lipinski definition) is 2. The van der Waals surface area contributed by atoms with E-state index in [2.05, 4.69) is 6.92 Å². The minimum absolute atomic E-state index is 0.548. The molecule has 0 aliphatic heterocycles. The van der Waals surface area contributed by atoms with E-state index in [1.54, 1.807) is 7.11 Å². The molecular formula is C16H17NO. The molecule has 2 aromatic carbocycles. The van der Waals surface area contributed by atoms with Crippen LogP contribution in [0.1, 0.15) is 23.6 Å². The maximum Gasteiger partial charge on any atom is 0.119 e. The van der Waals surface area contributed by atoms with Gasteiger partial charge in [-0.25, -0.2) is 0 Å². The molecule has 0 heterocycles. The van der Waals surface area contributed by atoms with Crippen molar-refractivity contribution in [1.82, 2.24) is 0 Å². The van der Waals surface area contributed by atoms with Crippen LogP contribution in [0, 0.1) is 5.41 Å². The molecular weight excluding hydrogens is 222 g/mol. The number of benzene rings is 2. The molecule has 2 aromatic rings. The molecule has 1 N–H and O–H groups in total. The molecule has 0 aliphatic rings. The zero-order chi connectivity index (χ0) is 13.0. The van der Waals surface area contributed by atoms with Crippen molar-refractivity contribution in [3.8, 4) is 5.75 Å². The molecule has 0 unspecified atom stereocenters. The van der Waals surface area contributed by atoms with Gasteiger partial charge in [-0.1, -0.05) is 43.3 Å². The molecule has 0 atom stereocenters. The Kier molecular flexibility index (Phi) is 3.78. The van der Waals surface area contributed by atoms with Crippen LogP contribution in [0.3, 0.4) is 0 Å². The SMILES string of the molecule is CCc1ccc(OC)cc1C(=N)c1ccccc1. The van der Waals surface area contributed by atoms with Crippen LogP contribution in [0.15, 0.2) is 48.5 Å². The van der Waals surface area contributed by atoms with Crippen molar-refractivity contribution in [3.05, 3.63) is 65.2 Å². The lowest BCUT2D eigenvalue weighted by Crippen LogP contribution is -2.05. The average molecular weight is 239 g/mol. The number of nitrogens with one attached hydrogen (secondary N) is 1. The van der Waals surface area contributed by atoms with Gasteiger partial charge in [-0.15, -0.1) is 0 Å². The zero-order valence-corrected chi connectivity index (χ0v) is 10.7. The van der Waals surface area contributed by atoms with Crippen LogP contribution in [0.4, 0.5) is 0 Å². The van der Waals surface area contributed by atoms with E-state index >= 15 is 0 Å². The molecule has 0 radical (unpaired) electrons. The molecule has 18 heavy (non-hydrogen) atoms. The van der Waals surface area contributed by atoms with E-state index in [0.29, 0.717) is 5.71 Å². The van der Waals surface area contributed by atoms with Gasteiger partial charge in [0, 0.05) is 11.1 Å². The number of aryl methyl sites for hydroxylation is 1. The fraction of sp³-hybridized carbons (Fsp3) is 0.188. The third-order valence-electron chi connectivity index (χ3n) is 3.03. The summed E-state index contributed by atoms with van der Waals surface area (Å²) in [5.41, 5.74) is 3.60. The van der Waals surface area contributed by atoms with Gasteiger partial charge in [-0.3, -0.25) is 5.41 Å². The van der Waals surface area contributed by atoms with Crippen LogP contribution >= 0.6 is 0 Å². The van der Waals surface area contributed by atoms with E-state index in [0.717, 1.165) is 23.3 Å². The van der Waals surface area contributed by atoms with Crippen molar-refractivity contribution < 1.29 is 4.74 Å². The Morgan fingerprint density at radius 3 is 2.44 bits per heavy atom. The van der Waals surface area contributed by atoms with Gasteiger partial charge in [0.2, 0.25) is 0 Å². The fourth-order valence-electron chi connectivity index (χ4n) is 1.98. The molecule has 0 bridgehead atoms. The standard InChI is InChI=1S/C16H17NO/c1-3-12-9-10-14(18-2)11-15(12)16(17)13-7-5-4-6-8-13/h4-11,17H,3H2,1-2H3. The molecule has 0 aliphatic carbocycles. The normalized spacial score (nSPS) is 10.1. The van der Waals surface area contributed by atoms with Crippen LogP contribution in [0.25, 0.3) is 0 Å². The van der Waals surface area contributed by atoms with E-state index in [-0.39, 0.29) is 0 Å². The lowest BCUT2D eigenvalue weighted by Gasteiger charge is -2.11. The number of methoxy groups -OCH3 is 1. The molecule has 92 valence electrons. The summed E-state index contributed by atoms with van der Waals surface area (Å²) in [5, 5.41) is 8.33. The van der Waals surface area contributed by atoms with Crippen LogP contribution in [-0.4, -0.2) is 12.8 Å². The molecule has 0 fully saturated rings. The van der Waals surface area contributed by atoms with E-state index < -0.39 is 0 Å². The molecule has 2 rings (SSSR count).